The number of fused-ring (bicyclic) bond motifs is 1. The summed E-state index contributed by atoms with van der Waals surface area (Å²) in [6.45, 7) is 0.284. The molecule has 0 saturated carbocycles. The molecule has 31 heavy (non-hydrogen) atoms. The second kappa shape index (κ2) is 8.39. The summed E-state index contributed by atoms with van der Waals surface area (Å²) in [7, 11) is 2.79. The number of benzene rings is 3. The van der Waals surface area contributed by atoms with Crippen LogP contribution in [0.1, 0.15) is 38.0 Å². The Kier molecular flexibility index (Phi) is 5.49. The number of rotatable bonds is 6. The van der Waals surface area contributed by atoms with Gasteiger partial charge in [0.2, 0.25) is 0 Å². The van der Waals surface area contributed by atoms with Gasteiger partial charge in [-0.25, -0.2) is 0 Å². The van der Waals surface area contributed by atoms with Crippen molar-refractivity contribution in [3.8, 4) is 11.5 Å². The molecule has 1 N–H and O–H groups in total. The Morgan fingerprint density at radius 1 is 1.00 bits per heavy atom. The Morgan fingerprint density at radius 3 is 2.39 bits per heavy atom. The Balaban J connectivity index is 1.88. The van der Waals surface area contributed by atoms with Gasteiger partial charge in [0.05, 0.1) is 31.3 Å². The molecule has 1 aliphatic heterocycles. The summed E-state index contributed by atoms with van der Waals surface area (Å²) in [5.41, 5.74) is 2.24. The van der Waals surface area contributed by atoms with Crippen molar-refractivity contribution < 1.29 is 24.2 Å². The van der Waals surface area contributed by atoms with Gasteiger partial charge >= 0.3 is 0 Å². The summed E-state index contributed by atoms with van der Waals surface area (Å²) in [6, 6.07) is 19.9. The number of hydrogen-bond donors (Lipinski definition) is 1. The number of carbonyl (C=O) groups excluding carboxylic acids is 2. The highest BCUT2D eigenvalue weighted by molar-refractivity contribution is 6.02. The van der Waals surface area contributed by atoms with Gasteiger partial charge in [0.25, 0.3) is 5.91 Å². The second-order valence-corrected chi connectivity index (χ2v) is 7.06. The van der Waals surface area contributed by atoms with Crippen LogP contribution < -0.4 is 19.9 Å². The smallest absolute Gasteiger partial charge is 0.258 e. The van der Waals surface area contributed by atoms with E-state index in [9.17, 15) is 14.7 Å². The molecule has 7 heteroatoms. The van der Waals surface area contributed by atoms with E-state index in [-0.39, 0.29) is 29.5 Å². The van der Waals surface area contributed by atoms with Crippen molar-refractivity contribution >= 4 is 17.6 Å². The molecule has 0 radical (unpaired) electrons. The van der Waals surface area contributed by atoms with E-state index in [4.69, 9.17) is 9.47 Å². The van der Waals surface area contributed by atoms with Crippen LogP contribution in [0, 0.1) is 0 Å². The largest absolute Gasteiger partial charge is 0.545 e. The molecule has 0 spiro atoms. The van der Waals surface area contributed by atoms with Gasteiger partial charge in [-0.05, 0) is 23.8 Å². The van der Waals surface area contributed by atoms with Gasteiger partial charge < -0.3 is 29.6 Å². The summed E-state index contributed by atoms with van der Waals surface area (Å²) in [5, 5.41) is 15.4. The van der Waals surface area contributed by atoms with Crippen LogP contribution in [0.5, 0.6) is 11.5 Å². The number of methoxy groups -OCH3 is 2. The predicted octanol–water partition coefficient (Wildman–Crippen LogP) is 2.83. The number of anilines is 1. The number of ether oxygens (including phenoxy) is 2. The van der Waals surface area contributed by atoms with E-state index < -0.39 is 12.1 Å². The van der Waals surface area contributed by atoms with Crippen LogP contribution in [0.25, 0.3) is 0 Å². The highest BCUT2D eigenvalue weighted by Crippen LogP contribution is 2.40. The van der Waals surface area contributed by atoms with Crippen LogP contribution in [-0.4, -0.2) is 31.0 Å². The minimum atomic E-state index is -1.42. The zero-order valence-electron chi connectivity index (χ0n) is 17.1. The molecule has 0 saturated heterocycles. The van der Waals surface area contributed by atoms with Crippen molar-refractivity contribution in [2.75, 3.05) is 19.5 Å². The van der Waals surface area contributed by atoms with Crippen molar-refractivity contribution in [3.05, 3.63) is 89.0 Å². The van der Waals surface area contributed by atoms with Gasteiger partial charge in [-0.15, -0.1) is 0 Å². The molecule has 3 aromatic carbocycles. The van der Waals surface area contributed by atoms with Crippen molar-refractivity contribution in [2.45, 2.75) is 12.7 Å². The molecule has 1 atom stereocenters. The van der Waals surface area contributed by atoms with Crippen LogP contribution in [0.3, 0.4) is 0 Å². The number of nitrogens with one attached hydrogen (secondary N) is 1. The van der Waals surface area contributed by atoms with Crippen LogP contribution in [-0.2, 0) is 6.54 Å². The number of para-hydroxylation sites is 1. The van der Waals surface area contributed by atoms with Crippen LogP contribution in [0.15, 0.2) is 66.7 Å². The van der Waals surface area contributed by atoms with Gasteiger partial charge in [-0.3, -0.25) is 4.79 Å². The number of aromatic carboxylic acids is 1. The highest BCUT2D eigenvalue weighted by atomic mass is 16.5. The van der Waals surface area contributed by atoms with Crippen molar-refractivity contribution in [2.24, 2.45) is 0 Å². The summed E-state index contributed by atoms with van der Waals surface area (Å²) < 4.78 is 10.6. The molecule has 0 fully saturated rings. The molecule has 0 aromatic heterocycles. The van der Waals surface area contributed by atoms with Crippen LogP contribution >= 0.6 is 0 Å². The maximum absolute atomic E-state index is 13.4. The molecule has 0 bridgehead atoms. The standard InChI is InChI=1S/C24H22N2O5/c1-30-19-13-12-17(20(24(28)29)21(19)31-2)22-25-18-11-7-6-10-16(18)23(27)26(22)14-15-8-4-3-5-9-15/h3-13,22,25H,14H2,1-2H3,(H,28,29)/p-1/t22-/m1/s1. The fraction of sp³-hybridized carbons (Fsp3) is 0.167. The quantitative estimate of drug-likeness (QED) is 0.663. The van der Waals surface area contributed by atoms with Crippen LogP contribution in [0.2, 0.25) is 0 Å². The lowest BCUT2D eigenvalue weighted by atomic mass is 9.97. The maximum atomic E-state index is 13.4. The molecule has 0 aliphatic carbocycles. The first-order chi connectivity index (χ1) is 15.0. The summed E-state index contributed by atoms with van der Waals surface area (Å²) in [4.78, 5) is 27.2. The summed E-state index contributed by atoms with van der Waals surface area (Å²) >= 11 is 0. The SMILES string of the molecule is COc1ccc([C@@H]2Nc3ccccc3C(=O)N2Cc2ccccc2)c(C(=O)[O-])c1OC. The third-order valence-electron chi connectivity index (χ3n) is 5.29. The van der Waals surface area contributed by atoms with Crippen molar-refractivity contribution in [1.29, 1.82) is 0 Å². The minimum absolute atomic E-state index is 0.0489. The third-order valence-corrected chi connectivity index (χ3v) is 5.29. The number of carbonyl (C=O) groups is 2. The third kappa shape index (κ3) is 3.66. The van der Waals surface area contributed by atoms with Gasteiger partial charge in [0.1, 0.15) is 6.17 Å². The molecule has 158 valence electrons. The molecule has 1 amide bonds. The molecule has 0 unspecified atom stereocenters. The lowest BCUT2D eigenvalue weighted by Gasteiger charge is -2.39. The lowest BCUT2D eigenvalue weighted by Crippen LogP contribution is -2.43. The highest BCUT2D eigenvalue weighted by Gasteiger charge is 2.35. The van der Waals surface area contributed by atoms with Crippen molar-refractivity contribution in [3.63, 3.8) is 0 Å². The maximum Gasteiger partial charge on any atom is 0.258 e. The second-order valence-electron chi connectivity index (χ2n) is 7.06. The van der Waals surface area contributed by atoms with Crippen LogP contribution in [0.4, 0.5) is 5.69 Å². The number of hydrogen-bond acceptors (Lipinski definition) is 6. The van der Waals surface area contributed by atoms with Crippen molar-refractivity contribution in [1.82, 2.24) is 4.90 Å². The number of carboxylic acids is 1. The van der Waals surface area contributed by atoms with Gasteiger partial charge in [-0.2, -0.15) is 0 Å². The Labute approximate surface area is 179 Å². The van der Waals surface area contributed by atoms with E-state index in [1.165, 1.54) is 14.2 Å². The Morgan fingerprint density at radius 2 is 1.71 bits per heavy atom. The Bertz CT molecular complexity index is 1130. The molecule has 3 aromatic rings. The first-order valence-corrected chi connectivity index (χ1v) is 9.71. The average Bonchev–Trinajstić information content (AvgIpc) is 2.80. The number of amides is 1. The van der Waals surface area contributed by atoms with E-state index in [1.807, 2.05) is 36.4 Å². The summed E-state index contributed by atoms with van der Waals surface area (Å²) in [5.74, 6) is -1.31. The molecular weight excluding hydrogens is 396 g/mol. The van der Waals surface area contributed by atoms with Gasteiger partial charge in [-0.1, -0.05) is 48.5 Å². The average molecular weight is 417 g/mol. The van der Waals surface area contributed by atoms with E-state index >= 15 is 0 Å². The minimum Gasteiger partial charge on any atom is -0.545 e. The van der Waals surface area contributed by atoms with Gasteiger partial charge in [0, 0.05) is 17.8 Å². The predicted molar refractivity (Wildman–Crippen MR) is 113 cm³/mol. The molecule has 1 heterocycles. The lowest BCUT2D eigenvalue weighted by molar-refractivity contribution is -0.255. The zero-order chi connectivity index (χ0) is 22.0. The fourth-order valence-corrected chi connectivity index (χ4v) is 3.86. The first kappa shape index (κ1) is 20.3. The molecule has 4 rings (SSSR count). The normalized spacial score (nSPS) is 15.1. The van der Waals surface area contributed by atoms with E-state index in [0.717, 1.165) is 5.56 Å². The number of nitrogens with zero attached hydrogens (tertiary/aromatic N) is 1. The topological polar surface area (TPSA) is 90.9 Å². The molecule has 1 aliphatic rings. The monoisotopic (exact) mass is 417 g/mol. The van der Waals surface area contributed by atoms with E-state index in [2.05, 4.69) is 5.32 Å². The molecule has 7 nitrogen and oxygen atoms in total. The zero-order valence-corrected chi connectivity index (χ0v) is 17.1. The summed E-state index contributed by atoms with van der Waals surface area (Å²) in [6.07, 6.45) is -0.754. The fourth-order valence-electron chi connectivity index (χ4n) is 3.86. The molecular formula is C24H21N2O5-. The number of carboxylic acid groups (broad SMARTS) is 1. The van der Waals surface area contributed by atoms with E-state index in [0.29, 0.717) is 16.8 Å². The first-order valence-electron chi connectivity index (χ1n) is 9.71. The Hall–Kier alpha value is -4.00. The van der Waals surface area contributed by atoms with E-state index in [1.54, 1.807) is 35.2 Å². The van der Waals surface area contributed by atoms with Gasteiger partial charge in [0.15, 0.2) is 11.5 Å².